The first kappa shape index (κ1) is 11.4. The van der Waals surface area contributed by atoms with E-state index in [2.05, 4.69) is 25.2 Å². The molecule has 0 aromatic carbocycles. The van der Waals surface area contributed by atoms with Crippen LogP contribution in [0.15, 0.2) is 37.2 Å². The van der Waals surface area contributed by atoms with Gasteiger partial charge in [-0.25, -0.2) is 4.98 Å². The van der Waals surface area contributed by atoms with Gasteiger partial charge in [-0.05, 0) is 12.5 Å². The Balaban J connectivity index is 1.74. The average Bonchev–Trinajstić information content (AvgIpc) is 2.88. The number of nitrogens with one attached hydrogen (secondary N) is 2. The molecule has 2 N–H and O–H groups in total. The van der Waals surface area contributed by atoms with Crippen molar-refractivity contribution in [3.8, 4) is 0 Å². The summed E-state index contributed by atoms with van der Waals surface area (Å²) in [6.07, 6.45) is 10.3. The molecule has 2 rings (SSSR count). The van der Waals surface area contributed by atoms with Crippen molar-refractivity contribution in [2.24, 2.45) is 0 Å². The Bertz CT molecular complexity index is 438. The van der Waals surface area contributed by atoms with Gasteiger partial charge in [0.15, 0.2) is 0 Å². The van der Waals surface area contributed by atoms with Crippen molar-refractivity contribution in [2.75, 3.05) is 24.2 Å². The predicted octanol–water partition coefficient (Wildman–Crippen LogP) is 1.82. The zero-order valence-corrected chi connectivity index (χ0v) is 9.93. The van der Waals surface area contributed by atoms with E-state index in [4.69, 9.17) is 0 Å². The van der Waals surface area contributed by atoms with E-state index >= 15 is 0 Å². The fourth-order valence-electron chi connectivity index (χ4n) is 1.59. The van der Waals surface area contributed by atoms with E-state index in [9.17, 15) is 0 Å². The molecule has 0 fully saturated rings. The van der Waals surface area contributed by atoms with Gasteiger partial charge in [0, 0.05) is 32.5 Å². The van der Waals surface area contributed by atoms with E-state index in [1.165, 1.54) is 0 Å². The lowest BCUT2D eigenvalue weighted by molar-refractivity contribution is 0.660. The zero-order valence-electron chi connectivity index (χ0n) is 9.93. The van der Waals surface area contributed by atoms with Crippen LogP contribution < -0.4 is 10.6 Å². The molecule has 0 aliphatic carbocycles. The van der Waals surface area contributed by atoms with E-state index in [0.717, 1.165) is 30.9 Å². The Labute approximate surface area is 101 Å². The van der Waals surface area contributed by atoms with Crippen molar-refractivity contribution >= 4 is 11.4 Å². The van der Waals surface area contributed by atoms with E-state index < -0.39 is 0 Å². The van der Waals surface area contributed by atoms with Crippen molar-refractivity contribution in [2.45, 2.75) is 13.0 Å². The highest BCUT2D eigenvalue weighted by Crippen LogP contribution is 2.11. The van der Waals surface area contributed by atoms with Crippen molar-refractivity contribution in [1.82, 2.24) is 14.5 Å². The molecule has 5 nitrogen and oxygen atoms in total. The van der Waals surface area contributed by atoms with Gasteiger partial charge in [0.05, 0.1) is 30.1 Å². The highest BCUT2D eigenvalue weighted by Gasteiger charge is 1.95. The normalized spacial score (nSPS) is 10.2. The van der Waals surface area contributed by atoms with Crippen LogP contribution in [-0.4, -0.2) is 28.1 Å². The smallest absolute Gasteiger partial charge is 0.0945 e. The van der Waals surface area contributed by atoms with Crippen LogP contribution in [0.5, 0.6) is 0 Å². The largest absolute Gasteiger partial charge is 0.387 e. The van der Waals surface area contributed by atoms with Gasteiger partial charge >= 0.3 is 0 Å². The minimum absolute atomic E-state index is 0.924. The van der Waals surface area contributed by atoms with Crippen molar-refractivity contribution in [1.29, 1.82) is 0 Å². The Hall–Kier alpha value is -2.04. The van der Waals surface area contributed by atoms with Crippen LogP contribution in [0.1, 0.15) is 6.42 Å². The van der Waals surface area contributed by atoms with Crippen LogP contribution >= 0.6 is 0 Å². The standard InChI is InChI=1S/C12H17N5/c1-13-11-7-12(9-15-8-11)16-3-2-5-17-6-4-14-10-17/h4,6-10,13,16H,2-3,5H2,1H3. The van der Waals surface area contributed by atoms with Crippen LogP contribution in [0.25, 0.3) is 0 Å². The summed E-state index contributed by atoms with van der Waals surface area (Å²) < 4.78 is 2.07. The lowest BCUT2D eigenvalue weighted by atomic mass is 10.3. The Kier molecular flexibility index (Phi) is 3.96. The maximum absolute atomic E-state index is 4.14. The Morgan fingerprint density at radius 3 is 2.88 bits per heavy atom. The van der Waals surface area contributed by atoms with Gasteiger partial charge in [-0.2, -0.15) is 0 Å². The number of hydrogen-bond acceptors (Lipinski definition) is 4. The van der Waals surface area contributed by atoms with Crippen LogP contribution in [0.2, 0.25) is 0 Å². The van der Waals surface area contributed by atoms with Crippen molar-refractivity contribution in [3.05, 3.63) is 37.2 Å². The van der Waals surface area contributed by atoms with Gasteiger partial charge in [0.2, 0.25) is 0 Å². The molecule has 2 aromatic rings. The maximum Gasteiger partial charge on any atom is 0.0945 e. The first-order valence-corrected chi connectivity index (χ1v) is 5.71. The number of anilines is 2. The molecule has 0 radical (unpaired) electrons. The van der Waals surface area contributed by atoms with Crippen molar-refractivity contribution in [3.63, 3.8) is 0 Å². The lowest BCUT2D eigenvalue weighted by Gasteiger charge is -2.07. The predicted molar refractivity (Wildman–Crippen MR) is 69.1 cm³/mol. The van der Waals surface area contributed by atoms with Gasteiger partial charge in [0.25, 0.3) is 0 Å². The Morgan fingerprint density at radius 1 is 1.24 bits per heavy atom. The van der Waals surface area contributed by atoms with Gasteiger partial charge in [-0.3, -0.25) is 4.98 Å². The third-order valence-corrected chi connectivity index (χ3v) is 2.51. The van der Waals surface area contributed by atoms with Crippen LogP contribution in [0, 0.1) is 0 Å². The van der Waals surface area contributed by atoms with Crippen LogP contribution in [0.3, 0.4) is 0 Å². The molecular formula is C12H17N5. The molecule has 0 aliphatic heterocycles. The minimum Gasteiger partial charge on any atom is -0.387 e. The summed E-state index contributed by atoms with van der Waals surface area (Å²) in [5.74, 6) is 0. The van der Waals surface area contributed by atoms with Gasteiger partial charge < -0.3 is 15.2 Å². The summed E-state index contributed by atoms with van der Waals surface area (Å²) in [5.41, 5.74) is 2.06. The molecule has 0 bridgehead atoms. The number of pyridine rings is 1. The number of aryl methyl sites for hydroxylation is 1. The van der Waals surface area contributed by atoms with E-state index in [1.807, 2.05) is 31.8 Å². The molecule has 0 unspecified atom stereocenters. The average molecular weight is 231 g/mol. The third kappa shape index (κ3) is 3.48. The second-order valence-corrected chi connectivity index (χ2v) is 3.79. The molecule has 0 amide bonds. The summed E-state index contributed by atoms with van der Waals surface area (Å²) in [4.78, 5) is 8.15. The zero-order chi connectivity index (χ0) is 11.9. The van der Waals surface area contributed by atoms with Gasteiger partial charge in [0.1, 0.15) is 0 Å². The number of nitrogens with zero attached hydrogens (tertiary/aromatic N) is 3. The fourth-order valence-corrected chi connectivity index (χ4v) is 1.59. The summed E-state index contributed by atoms with van der Waals surface area (Å²) >= 11 is 0. The molecular weight excluding hydrogens is 214 g/mol. The van der Waals surface area contributed by atoms with Gasteiger partial charge in [-0.15, -0.1) is 0 Å². The lowest BCUT2D eigenvalue weighted by Crippen LogP contribution is -2.06. The second-order valence-electron chi connectivity index (χ2n) is 3.79. The molecule has 5 heteroatoms. The topological polar surface area (TPSA) is 54.8 Å². The quantitative estimate of drug-likeness (QED) is 0.745. The first-order chi connectivity index (χ1) is 8.38. The molecule has 0 spiro atoms. The number of hydrogen-bond donors (Lipinski definition) is 2. The van der Waals surface area contributed by atoms with Gasteiger partial charge in [-0.1, -0.05) is 0 Å². The molecule has 17 heavy (non-hydrogen) atoms. The summed E-state index contributed by atoms with van der Waals surface area (Å²) in [6.45, 7) is 1.90. The fraction of sp³-hybridized carbons (Fsp3) is 0.333. The van der Waals surface area contributed by atoms with E-state index in [1.54, 1.807) is 12.4 Å². The maximum atomic E-state index is 4.14. The van der Waals surface area contributed by atoms with E-state index in [-0.39, 0.29) is 0 Å². The van der Waals surface area contributed by atoms with E-state index in [0.29, 0.717) is 0 Å². The highest BCUT2D eigenvalue weighted by molar-refractivity contribution is 5.53. The summed E-state index contributed by atoms with van der Waals surface area (Å²) in [5, 5.41) is 6.41. The van der Waals surface area contributed by atoms with Crippen molar-refractivity contribution < 1.29 is 0 Å². The third-order valence-electron chi connectivity index (χ3n) is 2.51. The molecule has 0 saturated heterocycles. The number of aromatic nitrogens is 3. The monoisotopic (exact) mass is 231 g/mol. The molecule has 2 aromatic heterocycles. The molecule has 2 heterocycles. The summed E-state index contributed by atoms with van der Waals surface area (Å²) in [6, 6.07) is 2.05. The number of rotatable bonds is 6. The first-order valence-electron chi connectivity index (χ1n) is 5.71. The highest BCUT2D eigenvalue weighted by atomic mass is 15.0. The molecule has 0 aliphatic rings. The molecule has 0 atom stereocenters. The Morgan fingerprint density at radius 2 is 2.12 bits per heavy atom. The van der Waals surface area contributed by atoms with Crippen LogP contribution in [-0.2, 0) is 6.54 Å². The minimum atomic E-state index is 0.924. The second kappa shape index (κ2) is 5.89. The molecule has 90 valence electrons. The van der Waals surface area contributed by atoms with Crippen LogP contribution in [0.4, 0.5) is 11.4 Å². The SMILES string of the molecule is CNc1cncc(NCCCn2ccnc2)c1. The summed E-state index contributed by atoms with van der Waals surface area (Å²) in [7, 11) is 1.89. The molecule has 0 saturated carbocycles. The number of imidazole rings is 1.